The Bertz CT molecular complexity index is 910. The minimum Gasteiger partial charge on any atom is -0.490 e. The van der Waals surface area contributed by atoms with Gasteiger partial charge in [0, 0.05) is 6.54 Å². The smallest absolute Gasteiger partial charge is 0.181 e. The molecule has 1 aliphatic carbocycles. The summed E-state index contributed by atoms with van der Waals surface area (Å²) in [6, 6.07) is 14.3. The van der Waals surface area contributed by atoms with Crippen LogP contribution in [0.5, 0.6) is 5.75 Å². The summed E-state index contributed by atoms with van der Waals surface area (Å²) in [5.41, 5.74) is 6.15. The van der Waals surface area contributed by atoms with Crippen molar-refractivity contribution < 1.29 is 14.6 Å². The Morgan fingerprint density at radius 2 is 2.03 bits per heavy atom. The van der Waals surface area contributed by atoms with Gasteiger partial charge in [0.25, 0.3) is 0 Å². The highest BCUT2D eigenvalue weighted by atomic mass is 16.5. The average molecular weight is 389 g/mol. The third-order valence-corrected chi connectivity index (χ3v) is 4.86. The lowest BCUT2D eigenvalue weighted by molar-refractivity contribution is -0.117. The summed E-state index contributed by atoms with van der Waals surface area (Å²) in [5.74, 6) is 0.595. The Morgan fingerprint density at radius 3 is 2.79 bits per heavy atom. The lowest BCUT2D eigenvalue weighted by atomic mass is 10.0. The van der Waals surface area contributed by atoms with Crippen molar-refractivity contribution in [2.24, 2.45) is 0 Å². The van der Waals surface area contributed by atoms with Crippen molar-refractivity contribution in [3.8, 4) is 5.75 Å². The van der Waals surface area contributed by atoms with Crippen LogP contribution in [0.2, 0.25) is 0 Å². The zero-order chi connectivity index (χ0) is 20.5. The number of fused-ring (bicyclic) bond motifs is 1. The van der Waals surface area contributed by atoms with E-state index in [1.165, 1.54) is 28.3 Å². The quantitative estimate of drug-likeness (QED) is 0.347. The minimum absolute atomic E-state index is 0.294. The SMILES string of the molecule is C=CCOc1ccc2c(c1)C(CCNCc1ccc(/C=C/C(=O)CO)cc1)=CC2. The van der Waals surface area contributed by atoms with E-state index in [0.29, 0.717) is 6.61 Å². The summed E-state index contributed by atoms with van der Waals surface area (Å²) in [4.78, 5) is 11.1. The Labute approximate surface area is 172 Å². The van der Waals surface area contributed by atoms with Gasteiger partial charge in [0.1, 0.15) is 19.0 Å². The first-order valence-electron chi connectivity index (χ1n) is 9.87. The molecular formula is C25H27NO3. The molecule has 0 amide bonds. The maximum absolute atomic E-state index is 11.1. The van der Waals surface area contributed by atoms with Crippen molar-refractivity contribution >= 4 is 17.4 Å². The Morgan fingerprint density at radius 1 is 1.21 bits per heavy atom. The van der Waals surface area contributed by atoms with Crippen LogP contribution in [0.25, 0.3) is 11.6 Å². The maximum atomic E-state index is 11.1. The minimum atomic E-state index is -0.456. The van der Waals surface area contributed by atoms with E-state index in [1.807, 2.05) is 30.3 Å². The van der Waals surface area contributed by atoms with Gasteiger partial charge >= 0.3 is 0 Å². The molecule has 0 aliphatic heterocycles. The Hall–Kier alpha value is -2.95. The lowest BCUT2D eigenvalue weighted by Crippen LogP contribution is -2.14. The fourth-order valence-corrected chi connectivity index (χ4v) is 3.30. The number of hydrogen-bond acceptors (Lipinski definition) is 4. The molecule has 0 bridgehead atoms. The van der Waals surface area contributed by atoms with E-state index >= 15 is 0 Å². The molecule has 0 unspecified atom stereocenters. The van der Waals surface area contributed by atoms with Gasteiger partial charge in [-0.25, -0.2) is 0 Å². The van der Waals surface area contributed by atoms with Gasteiger partial charge in [-0.15, -0.1) is 0 Å². The van der Waals surface area contributed by atoms with Gasteiger partial charge in [-0.3, -0.25) is 4.79 Å². The molecule has 4 heteroatoms. The average Bonchev–Trinajstić information content (AvgIpc) is 3.16. The molecule has 0 saturated carbocycles. The highest BCUT2D eigenvalue weighted by molar-refractivity contribution is 5.94. The number of hydrogen-bond donors (Lipinski definition) is 2. The molecular weight excluding hydrogens is 362 g/mol. The maximum Gasteiger partial charge on any atom is 0.181 e. The van der Waals surface area contributed by atoms with E-state index in [4.69, 9.17) is 9.84 Å². The largest absolute Gasteiger partial charge is 0.490 e. The molecule has 3 rings (SSSR count). The standard InChI is InChI=1S/C25H27NO3/c1-2-15-29-24-12-10-21-8-9-22(25(21)16-24)13-14-26-17-20-5-3-19(4-6-20)7-11-23(28)18-27/h2-7,9-12,16,26-27H,1,8,13-15,17-18H2/b11-7+. The van der Waals surface area contributed by atoms with Crippen molar-refractivity contribution in [2.75, 3.05) is 19.8 Å². The summed E-state index contributed by atoms with van der Waals surface area (Å²) >= 11 is 0. The van der Waals surface area contributed by atoms with Gasteiger partial charge < -0.3 is 15.2 Å². The van der Waals surface area contributed by atoms with Crippen LogP contribution in [0.4, 0.5) is 0 Å². The van der Waals surface area contributed by atoms with E-state index in [9.17, 15) is 4.79 Å². The molecule has 0 saturated heterocycles. The molecule has 0 radical (unpaired) electrons. The number of rotatable bonds is 11. The second-order valence-corrected chi connectivity index (χ2v) is 6.98. The molecule has 4 nitrogen and oxygen atoms in total. The van der Waals surface area contributed by atoms with E-state index in [1.54, 1.807) is 12.2 Å². The van der Waals surface area contributed by atoms with Crippen LogP contribution in [0.1, 0.15) is 28.7 Å². The first-order valence-corrected chi connectivity index (χ1v) is 9.87. The highest BCUT2D eigenvalue weighted by Gasteiger charge is 2.14. The summed E-state index contributed by atoms with van der Waals surface area (Å²) in [6.45, 7) is 5.45. The molecule has 2 aromatic rings. The third kappa shape index (κ3) is 6.01. The topological polar surface area (TPSA) is 58.6 Å². The van der Waals surface area contributed by atoms with Gasteiger partial charge in [-0.2, -0.15) is 0 Å². The number of aliphatic hydroxyl groups excluding tert-OH is 1. The summed E-state index contributed by atoms with van der Waals surface area (Å²) < 4.78 is 5.66. The van der Waals surface area contributed by atoms with Crippen molar-refractivity contribution in [2.45, 2.75) is 19.4 Å². The van der Waals surface area contributed by atoms with Crippen LogP contribution < -0.4 is 10.1 Å². The number of carbonyl (C=O) groups excluding carboxylic acids is 1. The Kier molecular flexibility index (Phi) is 7.56. The summed E-state index contributed by atoms with van der Waals surface area (Å²) in [7, 11) is 0. The number of nitrogens with one attached hydrogen (secondary N) is 1. The number of allylic oxidation sites excluding steroid dienone is 1. The van der Waals surface area contributed by atoms with E-state index in [2.05, 4.69) is 30.1 Å². The summed E-state index contributed by atoms with van der Waals surface area (Å²) in [6.07, 6.45) is 9.13. The molecule has 0 spiro atoms. The van der Waals surface area contributed by atoms with Gasteiger partial charge in [0.05, 0.1) is 0 Å². The number of carbonyl (C=O) groups is 1. The highest BCUT2D eigenvalue weighted by Crippen LogP contribution is 2.32. The first kappa shape index (κ1) is 20.8. The van der Waals surface area contributed by atoms with Crippen molar-refractivity contribution in [3.63, 3.8) is 0 Å². The molecule has 0 heterocycles. The Balaban J connectivity index is 1.46. The number of ketones is 1. The fourth-order valence-electron chi connectivity index (χ4n) is 3.30. The fraction of sp³-hybridized carbons (Fsp3) is 0.240. The predicted octanol–water partition coefficient (Wildman–Crippen LogP) is 3.95. The number of ether oxygens (including phenoxy) is 1. The zero-order valence-electron chi connectivity index (χ0n) is 16.6. The first-order chi connectivity index (χ1) is 14.2. The van der Waals surface area contributed by atoms with Crippen molar-refractivity contribution in [1.82, 2.24) is 5.32 Å². The van der Waals surface area contributed by atoms with Crippen LogP contribution in [0.3, 0.4) is 0 Å². The van der Waals surface area contributed by atoms with Crippen LogP contribution in [-0.2, 0) is 17.8 Å². The van der Waals surface area contributed by atoms with Crippen LogP contribution in [0.15, 0.2) is 67.3 Å². The third-order valence-electron chi connectivity index (χ3n) is 4.86. The molecule has 0 fully saturated rings. The predicted molar refractivity (Wildman–Crippen MR) is 118 cm³/mol. The van der Waals surface area contributed by atoms with Crippen molar-refractivity contribution in [1.29, 1.82) is 0 Å². The van der Waals surface area contributed by atoms with Crippen LogP contribution in [-0.4, -0.2) is 30.6 Å². The van der Waals surface area contributed by atoms with Gasteiger partial charge in [0.2, 0.25) is 0 Å². The molecule has 0 aromatic heterocycles. The van der Waals surface area contributed by atoms with E-state index in [0.717, 1.165) is 37.2 Å². The van der Waals surface area contributed by atoms with Gasteiger partial charge in [0.15, 0.2) is 5.78 Å². The van der Waals surface area contributed by atoms with Crippen LogP contribution >= 0.6 is 0 Å². The van der Waals surface area contributed by atoms with E-state index in [-0.39, 0.29) is 5.78 Å². The monoisotopic (exact) mass is 389 g/mol. The van der Waals surface area contributed by atoms with Crippen LogP contribution in [0, 0.1) is 0 Å². The molecule has 29 heavy (non-hydrogen) atoms. The normalized spacial score (nSPS) is 12.7. The second kappa shape index (κ2) is 10.6. The van der Waals surface area contributed by atoms with Crippen molar-refractivity contribution in [3.05, 3.63) is 89.5 Å². The molecule has 2 aromatic carbocycles. The molecule has 2 N–H and O–H groups in total. The van der Waals surface area contributed by atoms with Gasteiger partial charge in [-0.05, 0) is 65.4 Å². The van der Waals surface area contributed by atoms with E-state index < -0.39 is 6.61 Å². The number of benzene rings is 2. The number of aliphatic hydroxyl groups is 1. The zero-order valence-corrected chi connectivity index (χ0v) is 16.6. The second-order valence-electron chi connectivity index (χ2n) is 6.98. The molecule has 1 aliphatic rings. The molecule has 0 atom stereocenters. The molecule has 150 valence electrons. The summed E-state index contributed by atoms with van der Waals surface area (Å²) in [5, 5.41) is 12.2. The van der Waals surface area contributed by atoms with Gasteiger partial charge in [-0.1, -0.05) is 55.1 Å². The lowest BCUT2D eigenvalue weighted by Gasteiger charge is -2.10.